The standard InChI is InChI=1S/C22H25F3N6O2/c23-22(24,25)17-12-28-21(29-13-2-1-6-26-10-13)30-18(17)16-11-27-19-15(16)3-7-31(20(19)32)14-4-8-33-9-5-14/h3,7,11-14,26-27H,1-2,4-6,8-10H2,(H,28,29,30). The molecule has 3 aromatic heterocycles. The summed E-state index contributed by atoms with van der Waals surface area (Å²) in [6.07, 6.45) is 2.52. The third-order valence-corrected chi connectivity index (χ3v) is 6.33. The van der Waals surface area contributed by atoms with Gasteiger partial charge in [0.25, 0.3) is 5.56 Å². The van der Waals surface area contributed by atoms with Gasteiger partial charge >= 0.3 is 6.18 Å². The Morgan fingerprint density at radius 1 is 1.21 bits per heavy atom. The highest BCUT2D eigenvalue weighted by Gasteiger charge is 2.36. The largest absolute Gasteiger partial charge is 0.419 e. The van der Waals surface area contributed by atoms with Gasteiger partial charge in [0.2, 0.25) is 5.95 Å². The van der Waals surface area contributed by atoms with E-state index in [4.69, 9.17) is 4.74 Å². The molecule has 5 heterocycles. The van der Waals surface area contributed by atoms with Gasteiger partial charge in [-0.15, -0.1) is 0 Å². The highest BCUT2D eigenvalue weighted by Crippen LogP contribution is 2.38. The zero-order chi connectivity index (χ0) is 23.0. The Labute approximate surface area is 187 Å². The van der Waals surface area contributed by atoms with Crippen LogP contribution in [-0.4, -0.2) is 51.9 Å². The van der Waals surface area contributed by atoms with Crippen LogP contribution >= 0.6 is 0 Å². The summed E-state index contributed by atoms with van der Waals surface area (Å²) in [5.74, 6) is 0.136. The molecule has 0 aromatic carbocycles. The number of halogens is 3. The van der Waals surface area contributed by atoms with Crippen molar-refractivity contribution < 1.29 is 17.9 Å². The van der Waals surface area contributed by atoms with E-state index >= 15 is 0 Å². The minimum Gasteiger partial charge on any atom is -0.381 e. The van der Waals surface area contributed by atoms with Gasteiger partial charge in [-0.1, -0.05) is 0 Å². The number of aromatic nitrogens is 4. The molecule has 0 aliphatic carbocycles. The van der Waals surface area contributed by atoms with E-state index in [-0.39, 0.29) is 40.4 Å². The Hall–Kier alpha value is -2.92. The fraction of sp³-hybridized carbons (Fsp3) is 0.500. The number of nitrogens with one attached hydrogen (secondary N) is 3. The van der Waals surface area contributed by atoms with Crippen LogP contribution in [0.1, 0.15) is 37.3 Å². The molecule has 5 rings (SSSR count). The van der Waals surface area contributed by atoms with Crippen LogP contribution in [-0.2, 0) is 10.9 Å². The quantitative estimate of drug-likeness (QED) is 0.551. The Kier molecular flexibility index (Phi) is 5.83. The average Bonchev–Trinajstić information content (AvgIpc) is 3.25. The number of pyridine rings is 1. The van der Waals surface area contributed by atoms with Gasteiger partial charge in [-0.3, -0.25) is 4.79 Å². The average molecular weight is 462 g/mol. The molecule has 2 aliphatic rings. The first-order chi connectivity index (χ1) is 15.9. The second-order valence-corrected chi connectivity index (χ2v) is 8.50. The van der Waals surface area contributed by atoms with Crippen molar-refractivity contribution in [2.45, 2.75) is 43.9 Å². The maximum absolute atomic E-state index is 13.8. The number of piperidine rings is 1. The molecule has 0 saturated carbocycles. The first kappa shape index (κ1) is 21.9. The summed E-state index contributed by atoms with van der Waals surface area (Å²) in [4.78, 5) is 24.2. The molecule has 1 atom stereocenters. The van der Waals surface area contributed by atoms with Crippen molar-refractivity contribution in [2.75, 3.05) is 31.6 Å². The topological polar surface area (TPSA) is 96.9 Å². The molecule has 2 fully saturated rings. The van der Waals surface area contributed by atoms with E-state index in [1.165, 1.54) is 6.20 Å². The van der Waals surface area contributed by atoms with Gasteiger partial charge in [0, 0.05) is 61.4 Å². The lowest BCUT2D eigenvalue weighted by Crippen LogP contribution is -2.38. The van der Waals surface area contributed by atoms with Crippen molar-refractivity contribution in [2.24, 2.45) is 0 Å². The van der Waals surface area contributed by atoms with Crippen LogP contribution in [0.2, 0.25) is 0 Å². The second-order valence-electron chi connectivity index (χ2n) is 8.50. The number of anilines is 1. The van der Waals surface area contributed by atoms with Gasteiger partial charge < -0.3 is 24.9 Å². The number of fused-ring (bicyclic) bond motifs is 1. The van der Waals surface area contributed by atoms with Crippen molar-refractivity contribution >= 4 is 16.9 Å². The highest BCUT2D eigenvalue weighted by atomic mass is 19.4. The van der Waals surface area contributed by atoms with Gasteiger partial charge in [-0.25, -0.2) is 9.97 Å². The molecule has 3 aromatic rings. The SMILES string of the molecule is O=c1c2[nH]cc(-c3nc(NC4CCCNC4)ncc3C(F)(F)F)c2ccn1C1CCOCC1. The van der Waals surface area contributed by atoms with Crippen LogP contribution in [0.25, 0.3) is 22.2 Å². The fourth-order valence-electron chi connectivity index (χ4n) is 4.60. The lowest BCUT2D eigenvalue weighted by molar-refractivity contribution is -0.137. The van der Waals surface area contributed by atoms with Crippen molar-refractivity contribution in [3.63, 3.8) is 0 Å². The Balaban J connectivity index is 1.56. The highest BCUT2D eigenvalue weighted by molar-refractivity contribution is 5.95. The molecule has 176 valence electrons. The summed E-state index contributed by atoms with van der Waals surface area (Å²) in [6.45, 7) is 2.76. The Bertz CT molecular complexity index is 1190. The van der Waals surface area contributed by atoms with Crippen LogP contribution in [0.5, 0.6) is 0 Å². The first-order valence-electron chi connectivity index (χ1n) is 11.1. The Morgan fingerprint density at radius 2 is 2.03 bits per heavy atom. The number of ether oxygens (including phenoxy) is 1. The fourth-order valence-corrected chi connectivity index (χ4v) is 4.60. The number of rotatable bonds is 4. The molecular weight excluding hydrogens is 437 g/mol. The van der Waals surface area contributed by atoms with Gasteiger partial charge in [-0.2, -0.15) is 13.2 Å². The predicted octanol–water partition coefficient (Wildman–Crippen LogP) is 3.32. The van der Waals surface area contributed by atoms with Gasteiger partial charge in [0.15, 0.2) is 0 Å². The molecule has 0 amide bonds. The third-order valence-electron chi connectivity index (χ3n) is 6.33. The van der Waals surface area contributed by atoms with Crippen molar-refractivity contribution in [3.05, 3.63) is 40.6 Å². The van der Waals surface area contributed by atoms with E-state index < -0.39 is 11.7 Å². The van der Waals surface area contributed by atoms with E-state index in [0.717, 1.165) is 25.6 Å². The smallest absolute Gasteiger partial charge is 0.381 e. The van der Waals surface area contributed by atoms with Gasteiger partial charge in [0.05, 0.1) is 5.69 Å². The maximum atomic E-state index is 13.8. The number of hydrogen-bond donors (Lipinski definition) is 3. The third kappa shape index (κ3) is 4.34. The monoisotopic (exact) mass is 462 g/mol. The van der Waals surface area contributed by atoms with E-state index in [1.807, 2.05) is 0 Å². The van der Waals surface area contributed by atoms with Crippen molar-refractivity contribution in [1.82, 2.24) is 24.8 Å². The molecule has 8 nitrogen and oxygen atoms in total. The zero-order valence-corrected chi connectivity index (χ0v) is 17.9. The maximum Gasteiger partial charge on any atom is 0.419 e. The lowest BCUT2D eigenvalue weighted by atomic mass is 10.1. The number of nitrogens with zero attached hydrogens (tertiary/aromatic N) is 3. The zero-order valence-electron chi connectivity index (χ0n) is 17.9. The van der Waals surface area contributed by atoms with Crippen LogP contribution in [0.3, 0.4) is 0 Å². The second kappa shape index (κ2) is 8.79. The summed E-state index contributed by atoms with van der Waals surface area (Å²) >= 11 is 0. The van der Waals surface area contributed by atoms with Crippen LogP contribution in [0.15, 0.2) is 29.5 Å². The summed E-state index contributed by atoms with van der Waals surface area (Å²) in [5, 5.41) is 6.78. The molecule has 0 radical (unpaired) electrons. The lowest BCUT2D eigenvalue weighted by Gasteiger charge is -2.24. The van der Waals surface area contributed by atoms with Crippen LogP contribution in [0.4, 0.5) is 19.1 Å². The van der Waals surface area contributed by atoms with Crippen LogP contribution < -0.4 is 16.2 Å². The number of alkyl halides is 3. The number of H-pyrrole nitrogens is 1. The molecule has 2 aliphatic heterocycles. The molecule has 1 unspecified atom stereocenters. The normalized spacial score (nSPS) is 20.3. The van der Waals surface area contributed by atoms with Gasteiger partial charge in [-0.05, 0) is 38.3 Å². The molecule has 2 saturated heterocycles. The molecular formula is C22H25F3N6O2. The summed E-state index contributed by atoms with van der Waals surface area (Å²) < 4.78 is 48.5. The number of aromatic amines is 1. The Morgan fingerprint density at radius 3 is 2.76 bits per heavy atom. The summed E-state index contributed by atoms with van der Waals surface area (Å²) in [6, 6.07) is 1.73. The van der Waals surface area contributed by atoms with Crippen LogP contribution in [0, 0.1) is 0 Å². The minimum absolute atomic E-state index is 0.00657. The van der Waals surface area contributed by atoms with E-state index in [9.17, 15) is 18.0 Å². The summed E-state index contributed by atoms with van der Waals surface area (Å²) in [5.41, 5.74) is -0.972. The van der Waals surface area contributed by atoms with Gasteiger partial charge in [0.1, 0.15) is 11.1 Å². The van der Waals surface area contributed by atoms with E-state index in [1.54, 1.807) is 16.8 Å². The van der Waals surface area contributed by atoms with Crippen molar-refractivity contribution in [1.29, 1.82) is 0 Å². The molecule has 0 spiro atoms. The molecule has 33 heavy (non-hydrogen) atoms. The van der Waals surface area contributed by atoms with Crippen molar-refractivity contribution in [3.8, 4) is 11.3 Å². The van der Waals surface area contributed by atoms with E-state index in [2.05, 4.69) is 25.6 Å². The predicted molar refractivity (Wildman–Crippen MR) is 117 cm³/mol. The summed E-state index contributed by atoms with van der Waals surface area (Å²) in [7, 11) is 0. The molecule has 3 N–H and O–H groups in total. The number of hydrogen-bond acceptors (Lipinski definition) is 6. The van der Waals surface area contributed by atoms with E-state index in [0.29, 0.717) is 38.0 Å². The molecule has 11 heteroatoms. The minimum atomic E-state index is -4.64. The molecule has 0 bridgehead atoms. The first-order valence-corrected chi connectivity index (χ1v) is 11.1.